The molecule has 0 radical (unpaired) electrons. The number of halogens is 2. The number of benzene rings is 1. The second-order valence-electron chi connectivity index (χ2n) is 4.20. The normalized spacial score (nSPS) is 10.1. The third kappa shape index (κ3) is 3.96. The summed E-state index contributed by atoms with van der Waals surface area (Å²) in [5, 5.41) is 0.207. The molecule has 0 aliphatic carbocycles. The highest BCUT2D eigenvalue weighted by molar-refractivity contribution is 6.34. The zero-order valence-corrected chi connectivity index (χ0v) is 13.0. The number of nitrogens with zero attached hydrogens (tertiary/aromatic N) is 1. The molecule has 0 atom stereocenters. The second-order valence-corrected chi connectivity index (χ2v) is 4.99. The van der Waals surface area contributed by atoms with Crippen LogP contribution in [0.3, 0.4) is 0 Å². The Hall–Kier alpha value is -2.11. The van der Waals surface area contributed by atoms with E-state index in [4.69, 9.17) is 32.7 Å². The first kappa shape index (κ1) is 16.3. The molecule has 1 aromatic heterocycles. The van der Waals surface area contributed by atoms with Crippen LogP contribution in [0.1, 0.15) is 20.8 Å². The van der Waals surface area contributed by atoms with Gasteiger partial charge in [-0.25, -0.2) is 9.78 Å². The van der Waals surface area contributed by atoms with Crippen LogP contribution in [0, 0.1) is 0 Å². The van der Waals surface area contributed by atoms with Crippen LogP contribution in [0.2, 0.25) is 10.2 Å². The zero-order valence-electron chi connectivity index (χ0n) is 11.5. The van der Waals surface area contributed by atoms with Gasteiger partial charge in [0.2, 0.25) is 0 Å². The molecule has 7 heteroatoms. The van der Waals surface area contributed by atoms with Crippen LogP contribution in [-0.2, 0) is 4.74 Å². The standard InChI is InChI=1S/C15H11Cl2NO4/c1-21-10-4-2-3-9(7-10)12(19)8-22-15(20)14-11(16)5-6-13(17)18-14/h2-7H,8H2,1H3. The molecule has 0 bridgehead atoms. The molecule has 114 valence electrons. The lowest BCUT2D eigenvalue weighted by Crippen LogP contribution is -2.15. The zero-order chi connectivity index (χ0) is 16.1. The molecule has 0 fully saturated rings. The van der Waals surface area contributed by atoms with Gasteiger partial charge < -0.3 is 9.47 Å². The van der Waals surface area contributed by atoms with Gasteiger partial charge in [-0.15, -0.1) is 0 Å². The van der Waals surface area contributed by atoms with Gasteiger partial charge in [0.15, 0.2) is 18.1 Å². The molecule has 0 N–H and O–H groups in total. The number of aromatic nitrogens is 1. The van der Waals surface area contributed by atoms with Gasteiger partial charge in [-0.1, -0.05) is 35.3 Å². The van der Waals surface area contributed by atoms with Gasteiger partial charge in [0, 0.05) is 5.56 Å². The van der Waals surface area contributed by atoms with Crippen LogP contribution in [0.15, 0.2) is 36.4 Å². The van der Waals surface area contributed by atoms with Gasteiger partial charge in [-0.2, -0.15) is 0 Å². The molecule has 0 amide bonds. The maximum absolute atomic E-state index is 12.0. The quantitative estimate of drug-likeness (QED) is 0.474. The van der Waals surface area contributed by atoms with Crippen molar-refractivity contribution in [3.8, 4) is 5.75 Å². The molecule has 5 nitrogen and oxygen atoms in total. The largest absolute Gasteiger partial charge is 0.497 e. The number of ether oxygens (including phenoxy) is 2. The minimum atomic E-state index is -0.816. The van der Waals surface area contributed by atoms with E-state index in [1.807, 2.05) is 0 Å². The van der Waals surface area contributed by atoms with Gasteiger partial charge in [-0.05, 0) is 24.3 Å². The summed E-state index contributed by atoms with van der Waals surface area (Å²) in [5.74, 6) is -0.647. The third-order valence-electron chi connectivity index (χ3n) is 2.73. The lowest BCUT2D eigenvalue weighted by molar-refractivity contribution is 0.0469. The molecule has 2 rings (SSSR count). The number of rotatable bonds is 5. The first-order chi connectivity index (χ1) is 10.5. The molecule has 0 saturated heterocycles. The average Bonchev–Trinajstić information content (AvgIpc) is 2.54. The summed E-state index contributed by atoms with van der Waals surface area (Å²) in [4.78, 5) is 27.6. The predicted molar refractivity (Wildman–Crippen MR) is 81.9 cm³/mol. The van der Waals surface area contributed by atoms with E-state index in [1.54, 1.807) is 24.3 Å². The van der Waals surface area contributed by atoms with E-state index in [1.165, 1.54) is 19.2 Å². The van der Waals surface area contributed by atoms with E-state index >= 15 is 0 Å². The number of Topliss-reactive ketones (excluding diaryl/α,β-unsaturated/α-hetero) is 1. The highest BCUT2D eigenvalue weighted by Gasteiger charge is 2.17. The second kappa shape index (κ2) is 7.24. The molecule has 0 unspecified atom stereocenters. The number of methoxy groups -OCH3 is 1. The topological polar surface area (TPSA) is 65.5 Å². The molecule has 0 aliphatic rings. The molecular weight excluding hydrogens is 329 g/mol. The lowest BCUT2D eigenvalue weighted by Gasteiger charge is -2.06. The number of hydrogen-bond donors (Lipinski definition) is 0. The molecule has 0 spiro atoms. The highest BCUT2D eigenvalue weighted by atomic mass is 35.5. The summed E-state index contributed by atoms with van der Waals surface area (Å²) in [7, 11) is 1.50. The number of carbonyl (C=O) groups excluding carboxylic acids is 2. The summed E-state index contributed by atoms with van der Waals surface area (Å²) in [6.45, 7) is -0.434. The molecule has 1 aromatic carbocycles. The fraction of sp³-hybridized carbons (Fsp3) is 0.133. The average molecular weight is 340 g/mol. The van der Waals surface area contributed by atoms with Crippen molar-refractivity contribution in [2.24, 2.45) is 0 Å². The Kier molecular flexibility index (Phi) is 5.35. The van der Waals surface area contributed by atoms with Crippen LogP contribution in [0.4, 0.5) is 0 Å². The van der Waals surface area contributed by atoms with E-state index in [0.717, 1.165) is 0 Å². The summed E-state index contributed by atoms with van der Waals surface area (Å²) in [6, 6.07) is 9.41. The Morgan fingerprint density at radius 2 is 1.95 bits per heavy atom. The Balaban J connectivity index is 2.04. The lowest BCUT2D eigenvalue weighted by atomic mass is 10.1. The van der Waals surface area contributed by atoms with E-state index in [0.29, 0.717) is 11.3 Å². The maximum Gasteiger partial charge on any atom is 0.359 e. The summed E-state index contributed by atoms with van der Waals surface area (Å²) in [6.07, 6.45) is 0. The van der Waals surface area contributed by atoms with Crippen LogP contribution < -0.4 is 4.74 Å². The molecular formula is C15H11Cl2NO4. The maximum atomic E-state index is 12.0. The SMILES string of the molecule is COc1cccc(C(=O)COC(=O)c2nc(Cl)ccc2Cl)c1. The monoisotopic (exact) mass is 339 g/mol. The number of carbonyl (C=O) groups is 2. The van der Waals surface area contributed by atoms with E-state index in [-0.39, 0.29) is 21.7 Å². The number of hydrogen-bond acceptors (Lipinski definition) is 5. The van der Waals surface area contributed by atoms with Crippen molar-refractivity contribution in [3.05, 3.63) is 57.8 Å². The van der Waals surface area contributed by atoms with E-state index < -0.39 is 12.6 Å². The first-order valence-corrected chi connectivity index (χ1v) is 6.93. The molecule has 0 saturated carbocycles. The summed E-state index contributed by atoms with van der Waals surface area (Å²) < 4.78 is 9.95. The Morgan fingerprint density at radius 3 is 2.68 bits per heavy atom. The van der Waals surface area contributed by atoms with Crippen molar-refractivity contribution in [2.45, 2.75) is 0 Å². The van der Waals surface area contributed by atoms with Crippen molar-refractivity contribution in [1.82, 2.24) is 4.98 Å². The van der Waals surface area contributed by atoms with Crippen molar-refractivity contribution in [3.63, 3.8) is 0 Å². The van der Waals surface area contributed by atoms with Gasteiger partial charge in [-0.3, -0.25) is 4.79 Å². The van der Waals surface area contributed by atoms with Gasteiger partial charge in [0.1, 0.15) is 10.9 Å². The first-order valence-electron chi connectivity index (χ1n) is 6.17. The van der Waals surface area contributed by atoms with Gasteiger partial charge >= 0.3 is 5.97 Å². The Morgan fingerprint density at radius 1 is 1.18 bits per heavy atom. The van der Waals surface area contributed by atoms with Crippen molar-refractivity contribution in [2.75, 3.05) is 13.7 Å². The highest BCUT2D eigenvalue weighted by Crippen LogP contribution is 2.18. The van der Waals surface area contributed by atoms with E-state index in [9.17, 15) is 9.59 Å². The summed E-state index contributed by atoms with van der Waals surface area (Å²) in [5.41, 5.74) is 0.241. The van der Waals surface area contributed by atoms with Crippen LogP contribution in [0.5, 0.6) is 5.75 Å². The van der Waals surface area contributed by atoms with Crippen molar-refractivity contribution in [1.29, 1.82) is 0 Å². The van der Waals surface area contributed by atoms with Crippen LogP contribution in [0.25, 0.3) is 0 Å². The van der Waals surface area contributed by atoms with Crippen molar-refractivity contribution >= 4 is 35.0 Å². The van der Waals surface area contributed by atoms with Crippen LogP contribution in [-0.4, -0.2) is 30.5 Å². The number of ketones is 1. The fourth-order valence-corrected chi connectivity index (χ4v) is 1.97. The van der Waals surface area contributed by atoms with E-state index in [2.05, 4.69) is 4.98 Å². The predicted octanol–water partition coefficient (Wildman–Crippen LogP) is 3.44. The third-order valence-corrected chi connectivity index (χ3v) is 3.25. The van der Waals surface area contributed by atoms with Crippen molar-refractivity contribution < 1.29 is 19.1 Å². The van der Waals surface area contributed by atoms with Gasteiger partial charge in [0.05, 0.1) is 12.1 Å². The van der Waals surface area contributed by atoms with Gasteiger partial charge in [0.25, 0.3) is 0 Å². The summed E-state index contributed by atoms with van der Waals surface area (Å²) >= 11 is 11.5. The fourth-order valence-electron chi connectivity index (χ4n) is 1.64. The molecule has 0 aliphatic heterocycles. The number of esters is 1. The Labute approximate surface area is 136 Å². The number of pyridine rings is 1. The molecule has 1 heterocycles. The minimum Gasteiger partial charge on any atom is -0.497 e. The Bertz CT molecular complexity index is 718. The smallest absolute Gasteiger partial charge is 0.359 e. The minimum absolute atomic E-state index is 0.100. The molecule has 2 aromatic rings. The molecule has 22 heavy (non-hydrogen) atoms. The van der Waals surface area contributed by atoms with Crippen LogP contribution >= 0.6 is 23.2 Å².